The lowest BCUT2D eigenvalue weighted by atomic mass is 10.1. The van der Waals surface area contributed by atoms with Crippen LogP contribution < -0.4 is 14.9 Å². The molecule has 0 unspecified atom stereocenters. The van der Waals surface area contributed by atoms with Gasteiger partial charge >= 0.3 is 0 Å². The molecule has 0 bridgehead atoms. The van der Waals surface area contributed by atoms with Gasteiger partial charge < -0.3 is 9.47 Å². The summed E-state index contributed by atoms with van der Waals surface area (Å²) in [5, 5.41) is 14.8. The molecule has 4 rings (SSSR count). The van der Waals surface area contributed by atoms with Gasteiger partial charge in [0.2, 0.25) is 5.91 Å². The molecule has 0 saturated heterocycles. The first-order valence-corrected chi connectivity index (χ1v) is 11.6. The number of hydrazone groups is 1. The van der Waals surface area contributed by atoms with Crippen molar-refractivity contribution in [3.8, 4) is 11.5 Å². The summed E-state index contributed by atoms with van der Waals surface area (Å²) >= 11 is 0. The van der Waals surface area contributed by atoms with Crippen LogP contribution in [0.15, 0.2) is 108 Å². The Morgan fingerprint density at radius 2 is 1.43 bits per heavy atom. The Hall–Kier alpha value is -4.98. The van der Waals surface area contributed by atoms with Gasteiger partial charge in [-0.05, 0) is 28.8 Å². The van der Waals surface area contributed by atoms with Crippen molar-refractivity contribution in [3.05, 3.63) is 135 Å². The van der Waals surface area contributed by atoms with Crippen molar-refractivity contribution in [3.63, 3.8) is 0 Å². The van der Waals surface area contributed by atoms with E-state index in [0.29, 0.717) is 35.8 Å². The molecule has 1 amide bonds. The first-order chi connectivity index (χ1) is 18.1. The molecule has 186 valence electrons. The number of carbonyl (C=O) groups excluding carboxylic acids is 1. The third kappa shape index (κ3) is 7.76. The van der Waals surface area contributed by atoms with Crippen molar-refractivity contribution < 1.29 is 19.2 Å². The second kappa shape index (κ2) is 12.6. The molecule has 8 heteroatoms. The molecular weight excluding hydrogens is 470 g/mol. The highest BCUT2D eigenvalue weighted by atomic mass is 16.6. The number of amides is 1. The second-order valence-corrected chi connectivity index (χ2v) is 8.14. The van der Waals surface area contributed by atoms with Gasteiger partial charge in [0.1, 0.15) is 24.7 Å². The molecule has 0 aromatic heterocycles. The second-order valence-electron chi connectivity index (χ2n) is 8.14. The van der Waals surface area contributed by atoms with Crippen molar-refractivity contribution in [2.45, 2.75) is 19.6 Å². The van der Waals surface area contributed by atoms with Crippen molar-refractivity contribution in [2.24, 2.45) is 5.10 Å². The third-order valence-electron chi connectivity index (χ3n) is 5.38. The summed E-state index contributed by atoms with van der Waals surface area (Å²) in [6, 6.07) is 30.9. The van der Waals surface area contributed by atoms with Crippen LogP contribution in [0.25, 0.3) is 0 Å². The van der Waals surface area contributed by atoms with Crippen LogP contribution in [0.1, 0.15) is 22.3 Å². The smallest absolute Gasteiger partial charge is 0.269 e. The quantitative estimate of drug-likeness (QED) is 0.169. The minimum Gasteiger partial charge on any atom is -0.489 e. The van der Waals surface area contributed by atoms with Crippen LogP contribution in [0, 0.1) is 10.1 Å². The number of benzene rings is 4. The van der Waals surface area contributed by atoms with Gasteiger partial charge in [0, 0.05) is 23.8 Å². The predicted octanol–water partition coefficient (Wildman–Crippen LogP) is 5.45. The van der Waals surface area contributed by atoms with Gasteiger partial charge in [-0.15, -0.1) is 0 Å². The van der Waals surface area contributed by atoms with Gasteiger partial charge in [0.25, 0.3) is 5.69 Å². The monoisotopic (exact) mass is 495 g/mol. The topological polar surface area (TPSA) is 103 Å². The Labute approximate surface area is 214 Å². The maximum absolute atomic E-state index is 12.3. The highest BCUT2D eigenvalue weighted by Gasteiger charge is 2.09. The van der Waals surface area contributed by atoms with E-state index in [9.17, 15) is 14.9 Å². The Bertz CT molecular complexity index is 1360. The number of nitrogens with zero attached hydrogens (tertiary/aromatic N) is 2. The molecule has 0 fully saturated rings. The van der Waals surface area contributed by atoms with E-state index in [2.05, 4.69) is 10.5 Å². The first-order valence-electron chi connectivity index (χ1n) is 11.6. The van der Waals surface area contributed by atoms with Crippen LogP contribution in [-0.4, -0.2) is 17.0 Å². The van der Waals surface area contributed by atoms with Crippen LogP contribution in [0.3, 0.4) is 0 Å². The Morgan fingerprint density at radius 3 is 2.05 bits per heavy atom. The number of non-ortho nitro benzene ring substituents is 1. The van der Waals surface area contributed by atoms with Crippen molar-refractivity contribution >= 4 is 17.8 Å². The molecule has 0 aliphatic heterocycles. The van der Waals surface area contributed by atoms with E-state index in [-0.39, 0.29) is 18.0 Å². The summed E-state index contributed by atoms with van der Waals surface area (Å²) in [5.41, 5.74) is 5.83. The summed E-state index contributed by atoms with van der Waals surface area (Å²) < 4.78 is 12.0. The van der Waals surface area contributed by atoms with Crippen LogP contribution in [0.2, 0.25) is 0 Å². The number of hydrogen-bond donors (Lipinski definition) is 1. The number of carbonyl (C=O) groups is 1. The molecule has 0 spiro atoms. The van der Waals surface area contributed by atoms with Crippen LogP contribution in [-0.2, 0) is 24.4 Å². The molecular formula is C29H25N3O5. The molecule has 0 radical (unpaired) electrons. The van der Waals surface area contributed by atoms with E-state index in [1.807, 2.05) is 72.8 Å². The third-order valence-corrected chi connectivity index (χ3v) is 5.38. The fraction of sp³-hybridized carbons (Fsp3) is 0.103. The Balaban J connectivity index is 1.42. The number of hydrogen-bond acceptors (Lipinski definition) is 6. The molecule has 0 heterocycles. The zero-order chi connectivity index (χ0) is 25.9. The van der Waals surface area contributed by atoms with E-state index in [0.717, 1.165) is 11.1 Å². The van der Waals surface area contributed by atoms with E-state index < -0.39 is 4.92 Å². The Kier molecular flexibility index (Phi) is 8.59. The van der Waals surface area contributed by atoms with Crippen molar-refractivity contribution in [1.82, 2.24) is 5.43 Å². The summed E-state index contributed by atoms with van der Waals surface area (Å²) in [5.74, 6) is 0.855. The highest BCUT2D eigenvalue weighted by molar-refractivity contribution is 5.86. The summed E-state index contributed by atoms with van der Waals surface area (Å²) in [6.45, 7) is 0.779. The first kappa shape index (κ1) is 25.1. The van der Waals surface area contributed by atoms with Crippen molar-refractivity contribution in [2.75, 3.05) is 0 Å². The normalized spacial score (nSPS) is 10.7. The molecule has 0 atom stereocenters. The molecule has 37 heavy (non-hydrogen) atoms. The van der Waals surface area contributed by atoms with Crippen LogP contribution in [0.5, 0.6) is 11.5 Å². The van der Waals surface area contributed by atoms with Gasteiger partial charge in [0.15, 0.2) is 0 Å². The number of nitro groups is 1. The lowest BCUT2D eigenvalue weighted by Crippen LogP contribution is -2.19. The average molecular weight is 496 g/mol. The predicted molar refractivity (Wildman–Crippen MR) is 141 cm³/mol. The summed E-state index contributed by atoms with van der Waals surface area (Å²) in [4.78, 5) is 22.6. The summed E-state index contributed by atoms with van der Waals surface area (Å²) in [6.07, 6.45) is 1.55. The molecule has 0 aliphatic rings. The summed E-state index contributed by atoms with van der Waals surface area (Å²) in [7, 11) is 0. The van der Waals surface area contributed by atoms with Crippen LogP contribution in [0.4, 0.5) is 5.69 Å². The minimum absolute atomic E-state index is 0.0265. The minimum atomic E-state index is -0.483. The highest BCUT2D eigenvalue weighted by Crippen LogP contribution is 2.25. The average Bonchev–Trinajstić information content (AvgIpc) is 2.93. The van der Waals surface area contributed by atoms with Gasteiger partial charge in [-0.25, -0.2) is 5.43 Å². The Morgan fingerprint density at radius 1 is 0.811 bits per heavy atom. The van der Waals surface area contributed by atoms with E-state index in [1.54, 1.807) is 18.2 Å². The fourth-order valence-electron chi connectivity index (χ4n) is 3.45. The van der Waals surface area contributed by atoms with E-state index in [4.69, 9.17) is 9.47 Å². The maximum atomic E-state index is 12.3. The van der Waals surface area contributed by atoms with Crippen molar-refractivity contribution in [1.29, 1.82) is 0 Å². The zero-order valence-electron chi connectivity index (χ0n) is 19.9. The van der Waals surface area contributed by atoms with Gasteiger partial charge in [-0.2, -0.15) is 5.10 Å². The van der Waals surface area contributed by atoms with Crippen LogP contribution >= 0.6 is 0 Å². The molecule has 8 nitrogen and oxygen atoms in total. The van der Waals surface area contributed by atoms with Gasteiger partial charge in [0.05, 0.1) is 17.6 Å². The molecule has 4 aromatic carbocycles. The SMILES string of the molecule is O=C(Cc1ccc([N+](=O)[O-])cc1)N/N=C\c1ccc(OCc2ccccc2)cc1OCc1ccccc1. The van der Waals surface area contributed by atoms with E-state index in [1.165, 1.54) is 18.3 Å². The molecule has 0 aliphatic carbocycles. The number of rotatable bonds is 11. The molecule has 4 aromatic rings. The molecule has 0 saturated carbocycles. The fourth-order valence-corrected chi connectivity index (χ4v) is 3.45. The maximum Gasteiger partial charge on any atom is 0.269 e. The number of ether oxygens (including phenoxy) is 2. The zero-order valence-corrected chi connectivity index (χ0v) is 19.9. The largest absolute Gasteiger partial charge is 0.489 e. The lowest BCUT2D eigenvalue weighted by Gasteiger charge is -2.12. The molecule has 1 N–H and O–H groups in total. The van der Waals surface area contributed by atoms with Gasteiger partial charge in [-0.1, -0.05) is 72.8 Å². The van der Waals surface area contributed by atoms with E-state index >= 15 is 0 Å². The lowest BCUT2D eigenvalue weighted by molar-refractivity contribution is -0.384. The number of nitrogens with one attached hydrogen (secondary N) is 1. The standard InChI is InChI=1S/C29H25N3O5/c33-29(17-22-11-14-26(15-12-22)32(34)35)31-30-19-25-13-16-27(36-20-23-7-3-1-4-8-23)18-28(25)37-21-24-9-5-2-6-10-24/h1-16,18-19H,17,20-21H2,(H,31,33)/b30-19-. The number of nitro benzene ring substituents is 1. The van der Waals surface area contributed by atoms with Gasteiger partial charge in [-0.3, -0.25) is 14.9 Å².